The van der Waals surface area contributed by atoms with E-state index >= 15 is 0 Å². The third-order valence-corrected chi connectivity index (χ3v) is 17.2. The van der Waals surface area contributed by atoms with Gasteiger partial charge in [0.15, 0.2) is 6.10 Å². The summed E-state index contributed by atoms with van der Waals surface area (Å²) in [7, 11) is 0. The molecule has 82 heavy (non-hydrogen) atoms. The van der Waals surface area contributed by atoms with E-state index in [1.165, 1.54) is 321 Å². The summed E-state index contributed by atoms with van der Waals surface area (Å²) < 4.78 is 17.0. The summed E-state index contributed by atoms with van der Waals surface area (Å²) in [6.45, 7) is 6.72. The van der Waals surface area contributed by atoms with Crippen molar-refractivity contribution >= 4 is 17.9 Å². The lowest BCUT2D eigenvalue weighted by atomic mass is 10.0. The number of unbranched alkanes of at least 4 members (excludes halogenated alkanes) is 55. The quantitative estimate of drug-likeness (QED) is 0.0261. The minimum atomic E-state index is -0.771. The minimum absolute atomic E-state index is 0.0662. The van der Waals surface area contributed by atoms with Crippen LogP contribution in [0.3, 0.4) is 0 Å². The summed E-state index contributed by atoms with van der Waals surface area (Å²) in [5, 5.41) is 0. The van der Waals surface area contributed by atoms with Gasteiger partial charge in [-0.3, -0.25) is 14.4 Å². The van der Waals surface area contributed by atoms with Crippen molar-refractivity contribution in [1.82, 2.24) is 0 Å². The molecule has 0 heterocycles. The Morgan fingerprint density at radius 1 is 0.244 bits per heavy atom. The molecule has 0 aromatic heterocycles. The molecule has 0 radical (unpaired) electrons. The second-order valence-electron chi connectivity index (χ2n) is 25.6. The first kappa shape index (κ1) is 79.9. The van der Waals surface area contributed by atoms with Gasteiger partial charge in [0.1, 0.15) is 13.2 Å². The normalized spacial score (nSPS) is 12.1. The topological polar surface area (TPSA) is 78.9 Å². The van der Waals surface area contributed by atoms with Crippen LogP contribution in [0.1, 0.15) is 425 Å². The van der Waals surface area contributed by atoms with Crippen molar-refractivity contribution in [2.75, 3.05) is 13.2 Å². The molecule has 484 valence electrons. The number of allylic oxidation sites excluding steroid dienone is 4. The molecule has 0 N–H and O–H groups in total. The van der Waals surface area contributed by atoms with Crippen LogP contribution in [-0.4, -0.2) is 37.2 Å². The fourth-order valence-corrected chi connectivity index (χ4v) is 11.6. The summed E-state index contributed by atoms with van der Waals surface area (Å²) in [5.74, 6) is -0.834. The van der Waals surface area contributed by atoms with Crippen molar-refractivity contribution in [2.24, 2.45) is 0 Å². The molecule has 0 aliphatic heterocycles. The molecule has 0 rings (SSSR count). The largest absolute Gasteiger partial charge is 0.462 e. The average Bonchev–Trinajstić information content (AvgIpc) is 3.47. The van der Waals surface area contributed by atoms with Crippen LogP contribution < -0.4 is 0 Å². The van der Waals surface area contributed by atoms with Crippen LogP contribution in [0.2, 0.25) is 0 Å². The van der Waals surface area contributed by atoms with Crippen LogP contribution in [0.5, 0.6) is 0 Å². The van der Waals surface area contributed by atoms with E-state index in [1.54, 1.807) is 0 Å². The van der Waals surface area contributed by atoms with Crippen LogP contribution >= 0.6 is 0 Å². The number of esters is 3. The van der Waals surface area contributed by atoms with Gasteiger partial charge in [-0.15, -0.1) is 0 Å². The third kappa shape index (κ3) is 68.7. The van der Waals surface area contributed by atoms with Gasteiger partial charge in [-0.25, -0.2) is 0 Å². The van der Waals surface area contributed by atoms with Gasteiger partial charge in [0, 0.05) is 19.3 Å². The van der Waals surface area contributed by atoms with E-state index < -0.39 is 6.10 Å². The van der Waals surface area contributed by atoms with Gasteiger partial charge in [-0.1, -0.05) is 379 Å². The molecule has 0 saturated heterocycles. The predicted molar refractivity (Wildman–Crippen MR) is 358 cm³/mol. The summed E-state index contributed by atoms with van der Waals surface area (Å²) >= 11 is 0. The van der Waals surface area contributed by atoms with E-state index in [0.717, 1.165) is 64.2 Å². The van der Waals surface area contributed by atoms with Crippen LogP contribution in [-0.2, 0) is 28.6 Å². The van der Waals surface area contributed by atoms with Gasteiger partial charge in [0.25, 0.3) is 0 Å². The van der Waals surface area contributed by atoms with Crippen molar-refractivity contribution in [3.63, 3.8) is 0 Å². The number of hydrogen-bond donors (Lipinski definition) is 0. The van der Waals surface area contributed by atoms with E-state index in [1.807, 2.05) is 0 Å². The highest BCUT2D eigenvalue weighted by Gasteiger charge is 2.20. The van der Waals surface area contributed by atoms with Crippen LogP contribution in [0, 0.1) is 0 Å². The molecule has 0 aromatic carbocycles. The molecule has 0 aliphatic carbocycles. The summed E-state index contributed by atoms with van der Waals surface area (Å²) in [5.41, 5.74) is 0. The molecule has 0 saturated carbocycles. The van der Waals surface area contributed by atoms with Crippen LogP contribution in [0.4, 0.5) is 0 Å². The zero-order chi connectivity index (χ0) is 59.2. The molecule has 0 bridgehead atoms. The Morgan fingerprint density at radius 3 is 0.671 bits per heavy atom. The second kappa shape index (κ2) is 71.4. The van der Waals surface area contributed by atoms with Gasteiger partial charge in [-0.2, -0.15) is 0 Å². The monoisotopic (exact) mass is 1150 g/mol. The maximum atomic E-state index is 13.0. The molecule has 0 fully saturated rings. The van der Waals surface area contributed by atoms with Crippen molar-refractivity contribution in [1.29, 1.82) is 0 Å². The van der Waals surface area contributed by atoms with Crippen LogP contribution in [0.15, 0.2) is 24.3 Å². The minimum Gasteiger partial charge on any atom is -0.462 e. The van der Waals surface area contributed by atoms with Crippen molar-refractivity contribution < 1.29 is 28.6 Å². The number of carbonyl (C=O) groups excluding carboxylic acids is 3. The van der Waals surface area contributed by atoms with Gasteiger partial charge in [0.2, 0.25) is 0 Å². The van der Waals surface area contributed by atoms with Crippen molar-refractivity contribution in [3.05, 3.63) is 24.3 Å². The Bertz CT molecular complexity index is 1320. The summed E-state index contributed by atoms with van der Waals surface area (Å²) in [4.78, 5) is 38.5. The smallest absolute Gasteiger partial charge is 0.306 e. The number of carbonyl (C=O) groups is 3. The van der Waals surface area contributed by atoms with Crippen molar-refractivity contribution in [3.8, 4) is 0 Å². The fraction of sp³-hybridized carbons (Fsp3) is 0.908. The molecule has 0 aliphatic rings. The predicted octanol–water partition coefficient (Wildman–Crippen LogP) is 25.7. The lowest BCUT2D eigenvalue weighted by Crippen LogP contribution is -2.30. The summed E-state index contributed by atoms with van der Waals surface area (Å²) in [6.07, 6.45) is 87.9. The third-order valence-electron chi connectivity index (χ3n) is 17.2. The van der Waals surface area contributed by atoms with Crippen molar-refractivity contribution in [2.45, 2.75) is 431 Å². The standard InChI is InChI=1S/C76H144O6/c1-4-7-10-13-16-19-22-25-28-30-32-34-35-36-37-38-39-40-42-43-45-48-51-54-57-60-63-66-69-75(78)81-72-73(71-80-74(77)68-65-62-59-56-53-50-47-27-24-21-18-15-12-9-6-3)82-76(79)70-67-64-61-58-55-52-49-46-44-41-33-31-29-26-23-20-17-14-11-8-5-2/h23,26,31,33,73H,4-22,24-25,27-30,32,34-72H2,1-3H3/b26-23-,33-31-. The van der Waals surface area contributed by atoms with Gasteiger partial charge < -0.3 is 14.2 Å². The highest BCUT2D eigenvalue weighted by atomic mass is 16.6. The lowest BCUT2D eigenvalue weighted by Gasteiger charge is -2.18. The Labute approximate surface area is 513 Å². The van der Waals surface area contributed by atoms with E-state index in [2.05, 4.69) is 45.1 Å². The number of ether oxygens (including phenoxy) is 3. The highest BCUT2D eigenvalue weighted by molar-refractivity contribution is 5.71. The van der Waals surface area contributed by atoms with E-state index in [-0.39, 0.29) is 31.1 Å². The van der Waals surface area contributed by atoms with Gasteiger partial charge in [-0.05, 0) is 51.4 Å². The zero-order valence-electron chi connectivity index (χ0n) is 55.8. The first-order valence-corrected chi connectivity index (χ1v) is 37.3. The molecular formula is C76H144O6. The molecule has 0 spiro atoms. The van der Waals surface area contributed by atoms with Gasteiger partial charge in [0.05, 0.1) is 0 Å². The maximum absolute atomic E-state index is 13.0. The fourth-order valence-electron chi connectivity index (χ4n) is 11.6. The molecule has 1 unspecified atom stereocenters. The molecule has 6 nitrogen and oxygen atoms in total. The molecule has 0 aromatic rings. The number of rotatable bonds is 70. The Morgan fingerprint density at radius 2 is 0.439 bits per heavy atom. The highest BCUT2D eigenvalue weighted by Crippen LogP contribution is 2.19. The Kier molecular flexibility index (Phi) is 69.5. The van der Waals surface area contributed by atoms with E-state index in [0.29, 0.717) is 19.3 Å². The molecular weight excluding hydrogens is 1010 g/mol. The molecule has 6 heteroatoms. The molecule has 0 amide bonds. The van der Waals surface area contributed by atoms with E-state index in [9.17, 15) is 14.4 Å². The maximum Gasteiger partial charge on any atom is 0.306 e. The van der Waals surface area contributed by atoms with E-state index in [4.69, 9.17) is 14.2 Å². The average molecular weight is 1150 g/mol. The second-order valence-corrected chi connectivity index (χ2v) is 25.6. The first-order valence-electron chi connectivity index (χ1n) is 37.3. The summed E-state index contributed by atoms with van der Waals surface area (Å²) in [6, 6.07) is 0. The zero-order valence-corrected chi connectivity index (χ0v) is 55.8. The Balaban J connectivity index is 4.21. The lowest BCUT2D eigenvalue weighted by molar-refractivity contribution is -0.167. The SMILES string of the molecule is CCCCCCC/C=C\C/C=C\CCCCCCCCCCCC(=O)OC(COC(=O)CCCCCCCCCCCCCCCCC)COC(=O)CCCCCCCCCCCCCCCCCCCCCCCCCCCCCC. The van der Waals surface area contributed by atoms with Crippen LogP contribution in [0.25, 0.3) is 0 Å². The van der Waals surface area contributed by atoms with Gasteiger partial charge >= 0.3 is 17.9 Å². The molecule has 1 atom stereocenters. The first-order chi connectivity index (χ1) is 40.5. The number of hydrogen-bond acceptors (Lipinski definition) is 6. The Hall–Kier alpha value is -2.11.